The summed E-state index contributed by atoms with van der Waals surface area (Å²) in [5.41, 5.74) is 0. The van der Waals surface area contributed by atoms with Crippen molar-refractivity contribution in [2.75, 3.05) is 33.3 Å². The van der Waals surface area contributed by atoms with Crippen molar-refractivity contribution in [2.45, 2.75) is 71.9 Å². The molecule has 7 heteroatoms. The molecule has 1 amide bonds. The largest absolute Gasteiger partial charge is 0.378 e. The van der Waals surface area contributed by atoms with Crippen LogP contribution in [0.3, 0.4) is 0 Å². The average molecular weight is 482 g/mol. The number of likely N-dealkylation sites (tertiary alicyclic amines) is 1. The number of aliphatic imine (C=N–C) groups is 1. The first kappa shape index (κ1) is 25.4. The van der Waals surface area contributed by atoms with Gasteiger partial charge in [0, 0.05) is 45.8 Å². The van der Waals surface area contributed by atoms with E-state index in [4.69, 9.17) is 4.74 Å². The number of hydrogen-bond acceptors (Lipinski definition) is 3. The van der Waals surface area contributed by atoms with Crippen LogP contribution >= 0.6 is 24.0 Å². The van der Waals surface area contributed by atoms with Gasteiger partial charge in [0.1, 0.15) is 0 Å². The van der Waals surface area contributed by atoms with Crippen LogP contribution in [0.4, 0.5) is 0 Å². The Kier molecular flexibility index (Phi) is 14.2. The maximum absolute atomic E-state index is 11.9. The Morgan fingerprint density at radius 3 is 2.35 bits per heavy atom. The van der Waals surface area contributed by atoms with Gasteiger partial charge in [-0.3, -0.25) is 9.79 Å². The van der Waals surface area contributed by atoms with E-state index in [2.05, 4.69) is 36.4 Å². The highest BCUT2D eigenvalue weighted by Gasteiger charge is 2.26. The van der Waals surface area contributed by atoms with Crippen LogP contribution in [0, 0.1) is 5.92 Å². The molecule has 0 aliphatic carbocycles. The molecule has 1 aliphatic rings. The number of halogens is 1. The van der Waals surface area contributed by atoms with E-state index in [9.17, 15) is 4.79 Å². The molecule has 0 aromatic rings. The van der Waals surface area contributed by atoms with Crippen LogP contribution in [0.5, 0.6) is 0 Å². The topological polar surface area (TPSA) is 66.0 Å². The number of amides is 1. The predicted octanol–water partition coefficient (Wildman–Crippen LogP) is 3.01. The smallest absolute Gasteiger partial charge is 0.222 e. The number of nitrogens with zero attached hydrogens (tertiary/aromatic N) is 2. The van der Waals surface area contributed by atoms with Crippen LogP contribution in [-0.2, 0) is 9.53 Å². The van der Waals surface area contributed by atoms with E-state index in [1.54, 1.807) is 7.05 Å². The van der Waals surface area contributed by atoms with Gasteiger partial charge in [-0.1, -0.05) is 20.8 Å². The molecule has 0 aromatic heterocycles. The van der Waals surface area contributed by atoms with Crippen molar-refractivity contribution in [3.63, 3.8) is 0 Å². The second-order valence-corrected chi connectivity index (χ2v) is 6.99. The van der Waals surface area contributed by atoms with Gasteiger partial charge in [-0.05, 0) is 38.5 Å². The lowest BCUT2D eigenvalue weighted by atomic mass is 10.0. The second kappa shape index (κ2) is 14.5. The van der Waals surface area contributed by atoms with Crippen molar-refractivity contribution in [3.05, 3.63) is 0 Å². The molecule has 0 aromatic carbocycles. The molecule has 2 unspecified atom stereocenters. The standard InChI is InChI=1S/C19H38N4O2.HI/c1-6-16(23-14-8-9-18(23)24)10-12-21-19(20-5)22-13-11-17(15(3)4)25-7-2;/h15-17H,6-14H2,1-5H3,(H2,20,21,22);1H. The fourth-order valence-corrected chi connectivity index (χ4v) is 3.37. The summed E-state index contributed by atoms with van der Waals surface area (Å²) in [4.78, 5) is 18.2. The Balaban J connectivity index is 0.00000625. The maximum atomic E-state index is 11.9. The number of nitrogens with one attached hydrogen (secondary N) is 2. The van der Waals surface area contributed by atoms with Gasteiger partial charge in [0.15, 0.2) is 5.96 Å². The van der Waals surface area contributed by atoms with Crippen LogP contribution in [0.2, 0.25) is 0 Å². The Morgan fingerprint density at radius 2 is 1.88 bits per heavy atom. The molecule has 1 fully saturated rings. The number of ether oxygens (including phenoxy) is 1. The lowest BCUT2D eigenvalue weighted by Crippen LogP contribution is -2.42. The average Bonchev–Trinajstić information content (AvgIpc) is 3.01. The minimum absolute atomic E-state index is 0. The first-order valence-corrected chi connectivity index (χ1v) is 9.89. The number of hydrogen-bond donors (Lipinski definition) is 2. The summed E-state index contributed by atoms with van der Waals surface area (Å²) in [5, 5.41) is 6.73. The van der Waals surface area contributed by atoms with Crippen molar-refractivity contribution >= 4 is 35.8 Å². The molecule has 0 bridgehead atoms. The van der Waals surface area contributed by atoms with E-state index in [1.807, 2.05) is 11.8 Å². The van der Waals surface area contributed by atoms with Crippen LogP contribution < -0.4 is 10.6 Å². The molecule has 2 atom stereocenters. The zero-order valence-corrected chi connectivity index (χ0v) is 19.5. The van der Waals surface area contributed by atoms with Gasteiger partial charge >= 0.3 is 0 Å². The molecule has 1 saturated heterocycles. The van der Waals surface area contributed by atoms with E-state index < -0.39 is 0 Å². The summed E-state index contributed by atoms with van der Waals surface area (Å²) < 4.78 is 5.78. The van der Waals surface area contributed by atoms with Crippen molar-refractivity contribution in [1.82, 2.24) is 15.5 Å². The molecule has 26 heavy (non-hydrogen) atoms. The molecule has 1 heterocycles. The van der Waals surface area contributed by atoms with Crippen LogP contribution in [0.15, 0.2) is 4.99 Å². The minimum Gasteiger partial charge on any atom is -0.378 e. The third kappa shape index (κ3) is 8.88. The third-order valence-corrected chi connectivity index (χ3v) is 4.86. The van der Waals surface area contributed by atoms with Gasteiger partial charge in [-0.25, -0.2) is 0 Å². The fourth-order valence-electron chi connectivity index (χ4n) is 3.37. The van der Waals surface area contributed by atoms with E-state index in [-0.39, 0.29) is 30.1 Å². The molecule has 0 radical (unpaired) electrons. The predicted molar refractivity (Wildman–Crippen MR) is 119 cm³/mol. The Labute approximate surface area is 176 Å². The Morgan fingerprint density at radius 1 is 1.23 bits per heavy atom. The number of rotatable bonds is 11. The molecular weight excluding hydrogens is 443 g/mol. The summed E-state index contributed by atoms with van der Waals surface area (Å²) in [6, 6.07) is 0.337. The summed E-state index contributed by atoms with van der Waals surface area (Å²) >= 11 is 0. The highest BCUT2D eigenvalue weighted by molar-refractivity contribution is 14.0. The first-order chi connectivity index (χ1) is 12.0. The van der Waals surface area contributed by atoms with Crippen LogP contribution in [0.1, 0.15) is 59.8 Å². The van der Waals surface area contributed by atoms with Gasteiger partial charge in [-0.2, -0.15) is 0 Å². The summed E-state index contributed by atoms with van der Waals surface area (Å²) in [7, 11) is 1.79. The quantitative estimate of drug-likeness (QED) is 0.270. The zero-order valence-electron chi connectivity index (χ0n) is 17.2. The normalized spacial score (nSPS) is 17.2. The molecular formula is C19H39IN4O2. The zero-order chi connectivity index (χ0) is 18.7. The molecule has 0 spiro atoms. The monoisotopic (exact) mass is 482 g/mol. The van der Waals surface area contributed by atoms with Crippen molar-refractivity contribution in [2.24, 2.45) is 10.9 Å². The highest BCUT2D eigenvalue weighted by Crippen LogP contribution is 2.17. The molecule has 6 nitrogen and oxygen atoms in total. The summed E-state index contributed by atoms with van der Waals surface area (Å²) in [5.74, 6) is 1.65. The van der Waals surface area contributed by atoms with Gasteiger partial charge in [0.2, 0.25) is 5.91 Å². The van der Waals surface area contributed by atoms with Crippen molar-refractivity contribution in [1.29, 1.82) is 0 Å². The van der Waals surface area contributed by atoms with Crippen molar-refractivity contribution in [3.8, 4) is 0 Å². The first-order valence-electron chi connectivity index (χ1n) is 9.89. The Hall–Kier alpha value is -0.570. The highest BCUT2D eigenvalue weighted by atomic mass is 127. The molecule has 1 aliphatic heterocycles. The third-order valence-electron chi connectivity index (χ3n) is 4.86. The van der Waals surface area contributed by atoms with E-state index in [1.165, 1.54) is 0 Å². The lowest BCUT2D eigenvalue weighted by Gasteiger charge is -2.27. The van der Waals surface area contributed by atoms with Gasteiger partial charge < -0.3 is 20.3 Å². The van der Waals surface area contributed by atoms with Gasteiger partial charge in [0.05, 0.1) is 6.10 Å². The number of carbonyl (C=O) groups excluding carboxylic acids is 1. The lowest BCUT2D eigenvalue weighted by molar-refractivity contribution is -0.129. The summed E-state index contributed by atoms with van der Waals surface area (Å²) in [6.07, 6.45) is 4.92. The van der Waals surface area contributed by atoms with Crippen molar-refractivity contribution < 1.29 is 9.53 Å². The van der Waals surface area contributed by atoms with Crippen LogP contribution in [0.25, 0.3) is 0 Å². The van der Waals surface area contributed by atoms with Crippen LogP contribution in [-0.4, -0.2) is 62.2 Å². The number of guanidine groups is 1. The fraction of sp³-hybridized carbons (Fsp3) is 0.895. The molecule has 0 saturated carbocycles. The Bertz CT molecular complexity index is 418. The van der Waals surface area contributed by atoms with E-state index in [0.717, 1.165) is 57.9 Å². The van der Waals surface area contributed by atoms with E-state index in [0.29, 0.717) is 24.3 Å². The van der Waals surface area contributed by atoms with Gasteiger partial charge in [-0.15, -0.1) is 24.0 Å². The maximum Gasteiger partial charge on any atom is 0.222 e. The molecule has 2 N–H and O–H groups in total. The molecule has 1 rings (SSSR count). The SMILES string of the molecule is CCOC(CCNC(=NC)NCCC(CC)N1CCCC1=O)C(C)C.I. The minimum atomic E-state index is 0. The van der Waals surface area contributed by atoms with E-state index >= 15 is 0 Å². The summed E-state index contributed by atoms with van der Waals surface area (Å²) in [6.45, 7) is 11.9. The molecule has 154 valence electrons. The number of carbonyl (C=O) groups is 1. The second-order valence-electron chi connectivity index (χ2n) is 6.99. The van der Waals surface area contributed by atoms with Gasteiger partial charge in [0.25, 0.3) is 0 Å².